The van der Waals surface area contributed by atoms with Crippen LogP contribution in [0.1, 0.15) is 38.8 Å². The molecule has 0 saturated carbocycles. The van der Waals surface area contributed by atoms with E-state index in [-0.39, 0.29) is 22.9 Å². The summed E-state index contributed by atoms with van der Waals surface area (Å²) in [4.78, 5) is 13.6. The lowest BCUT2D eigenvalue weighted by atomic mass is 10.1. The fourth-order valence-corrected chi connectivity index (χ4v) is 3.68. The summed E-state index contributed by atoms with van der Waals surface area (Å²) < 4.78 is 27.4. The van der Waals surface area contributed by atoms with Crippen LogP contribution in [0, 0.1) is 13.8 Å². The normalized spacial score (nSPS) is 12.3. The van der Waals surface area contributed by atoms with Gasteiger partial charge in [-0.1, -0.05) is 12.1 Å². The maximum atomic E-state index is 12.4. The summed E-state index contributed by atoms with van der Waals surface area (Å²) in [6.07, 6.45) is 0. The zero-order valence-electron chi connectivity index (χ0n) is 14.2. The number of amides is 1. The zero-order valence-corrected chi connectivity index (χ0v) is 15.0. The van der Waals surface area contributed by atoms with Crippen molar-refractivity contribution in [2.75, 3.05) is 13.1 Å². The van der Waals surface area contributed by atoms with Crippen LogP contribution in [0.5, 0.6) is 0 Å². The Kier molecular flexibility index (Phi) is 5.76. The van der Waals surface area contributed by atoms with E-state index in [0.717, 1.165) is 5.56 Å². The summed E-state index contributed by atoms with van der Waals surface area (Å²) in [7, 11) is -3.57. The Bertz CT molecular complexity index is 646. The molecule has 0 aliphatic carbocycles. The maximum absolute atomic E-state index is 12.4. The van der Waals surface area contributed by atoms with Crippen molar-refractivity contribution in [3.63, 3.8) is 0 Å². The van der Waals surface area contributed by atoms with Crippen LogP contribution in [0.2, 0.25) is 0 Å². The molecule has 0 fully saturated rings. The minimum absolute atomic E-state index is 0.0709. The summed E-state index contributed by atoms with van der Waals surface area (Å²) in [5, 5.41) is 0. The number of rotatable bonds is 5. The van der Waals surface area contributed by atoms with Gasteiger partial charge in [0, 0.05) is 25.6 Å². The molecule has 0 radical (unpaired) electrons. The molecule has 1 amide bonds. The van der Waals surface area contributed by atoms with Gasteiger partial charge in [0.05, 0.1) is 4.90 Å². The highest BCUT2D eigenvalue weighted by Crippen LogP contribution is 2.17. The molecule has 0 saturated heterocycles. The largest absolute Gasteiger partial charge is 0.337 e. The highest BCUT2D eigenvalue weighted by atomic mass is 32.2. The van der Waals surface area contributed by atoms with Crippen molar-refractivity contribution in [2.45, 2.75) is 52.0 Å². The summed E-state index contributed by atoms with van der Waals surface area (Å²) >= 11 is 0. The van der Waals surface area contributed by atoms with Crippen LogP contribution >= 0.6 is 0 Å². The van der Waals surface area contributed by atoms with E-state index < -0.39 is 10.0 Å². The molecule has 0 aromatic heterocycles. The van der Waals surface area contributed by atoms with Crippen LogP contribution in [0.4, 0.5) is 0 Å². The van der Waals surface area contributed by atoms with Gasteiger partial charge in [0.15, 0.2) is 0 Å². The van der Waals surface area contributed by atoms with E-state index in [0.29, 0.717) is 12.1 Å². The molecule has 0 spiro atoms. The molecule has 5 nitrogen and oxygen atoms in total. The molecular weight excluding hydrogens is 300 g/mol. The number of hydrogen-bond acceptors (Lipinski definition) is 3. The number of aryl methyl sites for hydroxylation is 2. The summed E-state index contributed by atoms with van der Waals surface area (Å²) in [6, 6.07) is 5.33. The Morgan fingerprint density at radius 3 is 2.32 bits per heavy atom. The van der Waals surface area contributed by atoms with Crippen LogP contribution in [0.25, 0.3) is 0 Å². The molecule has 22 heavy (non-hydrogen) atoms. The van der Waals surface area contributed by atoms with Gasteiger partial charge in [-0.3, -0.25) is 4.79 Å². The predicted octanol–water partition coefficient (Wildman–Crippen LogP) is 2.23. The third-order valence-corrected chi connectivity index (χ3v) is 5.05. The van der Waals surface area contributed by atoms with Crippen molar-refractivity contribution >= 4 is 15.9 Å². The highest BCUT2D eigenvalue weighted by molar-refractivity contribution is 7.89. The van der Waals surface area contributed by atoms with Crippen molar-refractivity contribution in [1.29, 1.82) is 0 Å². The molecule has 1 aromatic rings. The molecule has 0 atom stereocenters. The van der Waals surface area contributed by atoms with E-state index in [9.17, 15) is 13.2 Å². The second-order valence-corrected chi connectivity index (χ2v) is 8.24. The highest BCUT2D eigenvalue weighted by Gasteiger charge is 2.24. The van der Waals surface area contributed by atoms with Crippen LogP contribution in [0.3, 0.4) is 0 Å². The number of carbonyl (C=O) groups is 1. The molecule has 1 N–H and O–H groups in total. The van der Waals surface area contributed by atoms with Crippen molar-refractivity contribution in [3.05, 3.63) is 29.3 Å². The Hall–Kier alpha value is -1.40. The Labute approximate surface area is 133 Å². The average molecular weight is 326 g/mol. The number of nitrogens with zero attached hydrogens (tertiary/aromatic N) is 1. The van der Waals surface area contributed by atoms with Gasteiger partial charge in [0.25, 0.3) is 0 Å². The van der Waals surface area contributed by atoms with E-state index in [4.69, 9.17) is 0 Å². The molecular formula is C16H26N2O3S. The molecule has 6 heteroatoms. The first-order chi connectivity index (χ1) is 9.95. The van der Waals surface area contributed by atoms with Crippen molar-refractivity contribution in [3.8, 4) is 0 Å². The summed E-state index contributed by atoms with van der Waals surface area (Å²) in [5.74, 6) is -0.0709. The van der Waals surface area contributed by atoms with Crippen molar-refractivity contribution < 1.29 is 13.2 Å². The smallest absolute Gasteiger partial charge is 0.240 e. The predicted molar refractivity (Wildman–Crippen MR) is 88.2 cm³/mol. The standard InChI is InChI=1S/C16H26N2O3S/c1-12-7-8-13(2)15(11-12)22(20,21)17-9-10-18(14(3)19)16(4,5)6/h7-8,11,17H,9-10H2,1-6H3. The number of hydrogen-bond donors (Lipinski definition) is 1. The molecule has 0 aliphatic heterocycles. The number of carbonyl (C=O) groups excluding carboxylic acids is 1. The van der Waals surface area contributed by atoms with E-state index in [1.54, 1.807) is 24.0 Å². The van der Waals surface area contributed by atoms with E-state index in [2.05, 4.69) is 4.72 Å². The van der Waals surface area contributed by atoms with E-state index in [1.807, 2.05) is 33.8 Å². The molecule has 0 aliphatic rings. The van der Waals surface area contributed by atoms with Crippen LogP contribution in [0.15, 0.2) is 23.1 Å². The monoisotopic (exact) mass is 326 g/mol. The zero-order chi connectivity index (χ0) is 17.1. The van der Waals surface area contributed by atoms with Crippen LogP contribution in [-0.4, -0.2) is 37.9 Å². The van der Waals surface area contributed by atoms with Gasteiger partial charge in [0.2, 0.25) is 15.9 Å². The first-order valence-corrected chi connectivity index (χ1v) is 8.78. The van der Waals surface area contributed by atoms with Gasteiger partial charge in [-0.15, -0.1) is 0 Å². The van der Waals surface area contributed by atoms with E-state index in [1.165, 1.54) is 6.92 Å². The first-order valence-electron chi connectivity index (χ1n) is 7.30. The molecule has 1 rings (SSSR count). The average Bonchev–Trinajstić information content (AvgIpc) is 2.35. The molecule has 0 bridgehead atoms. The third-order valence-electron chi connectivity index (χ3n) is 3.45. The Morgan fingerprint density at radius 2 is 1.82 bits per heavy atom. The summed E-state index contributed by atoms with van der Waals surface area (Å²) in [6.45, 7) is 11.4. The molecule has 124 valence electrons. The van der Waals surface area contributed by atoms with Crippen LogP contribution < -0.4 is 4.72 Å². The van der Waals surface area contributed by atoms with Gasteiger partial charge < -0.3 is 4.90 Å². The van der Waals surface area contributed by atoms with Gasteiger partial charge in [-0.05, 0) is 51.8 Å². The van der Waals surface area contributed by atoms with Crippen molar-refractivity contribution in [1.82, 2.24) is 9.62 Å². The van der Waals surface area contributed by atoms with Crippen molar-refractivity contribution in [2.24, 2.45) is 0 Å². The van der Waals surface area contributed by atoms with Gasteiger partial charge >= 0.3 is 0 Å². The minimum Gasteiger partial charge on any atom is -0.337 e. The van der Waals surface area contributed by atoms with Crippen LogP contribution in [-0.2, 0) is 14.8 Å². The third kappa shape index (κ3) is 4.81. The summed E-state index contributed by atoms with van der Waals surface area (Å²) in [5.41, 5.74) is 1.26. The number of benzene rings is 1. The van der Waals surface area contributed by atoms with Gasteiger partial charge in [0.1, 0.15) is 0 Å². The maximum Gasteiger partial charge on any atom is 0.240 e. The van der Waals surface area contributed by atoms with Gasteiger partial charge in [-0.2, -0.15) is 0 Å². The fourth-order valence-electron chi connectivity index (χ4n) is 2.33. The number of sulfonamides is 1. The quantitative estimate of drug-likeness (QED) is 0.902. The lowest BCUT2D eigenvalue weighted by Crippen LogP contribution is -2.48. The minimum atomic E-state index is -3.57. The van der Waals surface area contributed by atoms with Gasteiger partial charge in [-0.25, -0.2) is 13.1 Å². The second-order valence-electron chi connectivity index (χ2n) is 6.51. The first kappa shape index (κ1) is 18.6. The Morgan fingerprint density at radius 1 is 1.23 bits per heavy atom. The SMILES string of the molecule is CC(=O)N(CCNS(=O)(=O)c1cc(C)ccc1C)C(C)(C)C. The topological polar surface area (TPSA) is 66.5 Å². The fraction of sp³-hybridized carbons (Fsp3) is 0.562. The number of nitrogens with one attached hydrogen (secondary N) is 1. The molecule has 0 heterocycles. The molecule has 1 aromatic carbocycles. The lowest BCUT2D eigenvalue weighted by Gasteiger charge is -2.35. The van der Waals surface area contributed by atoms with E-state index >= 15 is 0 Å². The second kappa shape index (κ2) is 6.79. The Balaban J connectivity index is 2.82. The molecule has 0 unspecified atom stereocenters. The lowest BCUT2D eigenvalue weighted by molar-refractivity contribution is -0.133.